The predicted octanol–water partition coefficient (Wildman–Crippen LogP) is 4.23. The first kappa shape index (κ1) is 15.0. The minimum absolute atomic E-state index is 0.238. The molecule has 0 saturated carbocycles. The average molecular weight is 338 g/mol. The normalized spacial score (nSPS) is 12.2. The van der Waals surface area contributed by atoms with Crippen LogP contribution in [0.25, 0.3) is 0 Å². The SMILES string of the molecule is CCOc1ccccc1C(N)Cc1cc(Br)ccc1F. The van der Waals surface area contributed by atoms with Gasteiger partial charge in [-0.1, -0.05) is 34.1 Å². The molecule has 0 aliphatic carbocycles. The summed E-state index contributed by atoms with van der Waals surface area (Å²) >= 11 is 3.35. The molecule has 1 atom stereocenters. The Balaban J connectivity index is 2.23. The molecule has 0 aromatic heterocycles. The van der Waals surface area contributed by atoms with Gasteiger partial charge in [-0.25, -0.2) is 4.39 Å². The van der Waals surface area contributed by atoms with Crippen LogP contribution in [0.4, 0.5) is 4.39 Å². The van der Waals surface area contributed by atoms with Crippen molar-refractivity contribution in [2.45, 2.75) is 19.4 Å². The molecule has 0 bridgehead atoms. The summed E-state index contributed by atoms with van der Waals surface area (Å²) in [6.45, 7) is 2.51. The van der Waals surface area contributed by atoms with E-state index in [0.717, 1.165) is 15.8 Å². The molecule has 106 valence electrons. The van der Waals surface area contributed by atoms with Crippen LogP contribution in [0, 0.1) is 5.82 Å². The van der Waals surface area contributed by atoms with Gasteiger partial charge in [0.2, 0.25) is 0 Å². The van der Waals surface area contributed by atoms with E-state index in [2.05, 4.69) is 15.9 Å². The van der Waals surface area contributed by atoms with Crippen molar-refractivity contribution in [1.82, 2.24) is 0 Å². The Bertz CT molecular complexity index is 588. The lowest BCUT2D eigenvalue weighted by Crippen LogP contribution is -2.15. The van der Waals surface area contributed by atoms with Gasteiger partial charge in [-0.2, -0.15) is 0 Å². The molecular weight excluding hydrogens is 321 g/mol. The molecule has 2 N–H and O–H groups in total. The molecular formula is C16H17BrFNO. The molecule has 0 spiro atoms. The highest BCUT2D eigenvalue weighted by molar-refractivity contribution is 9.10. The van der Waals surface area contributed by atoms with Crippen LogP contribution < -0.4 is 10.5 Å². The summed E-state index contributed by atoms with van der Waals surface area (Å²) in [7, 11) is 0. The highest BCUT2D eigenvalue weighted by Gasteiger charge is 2.14. The van der Waals surface area contributed by atoms with E-state index in [1.807, 2.05) is 31.2 Å². The molecule has 0 amide bonds. The number of halogens is 2. The standard InChI is InChI=1S/C16H17BrFNO/c1-2-20-16-6-4-3-5-13(16)15(19)10-11-9-12(17)7-8-14(11)18/h3-9,15H,2,10,19H2,1H3. The summed E-state index contributed by atoms with van der Waals surface area (Å²) in [6, 6.07) is 12.2. The van der Waals surface area contributed by atoms with Crippen LogP contribution in [0.5, 0.6) is 5.75 Å². The molecule has 0 aliphatic rings. The number of hydrogen-bond acceptors (Lipinski definition) is 2. The fourth-order valence-electron chi connectivity index (χ4n) is 2.12. The molecule has 0 saturated heterocycles. The van der Waals surface area contributed by atoms with Crippen LogP contribution in [-0.4, -0.2) is 6.61 Å². The van der Waals surface area contributed by atoms with E-state index in [4.69, 9.17) is 10.5 Å². The van der Waals surface area contributed by atoms with Gasteiger partial charge in [0.25, 0.3) is 0 Å². The minimum atomic E-state index is -0.304. The summed E-state index contributed by atoms with van der Waals surface area (Å²) in [5, 5.41) is 0. The lowest BCUT2D eigenvalue weighted by molar-refractivity contribution is 0.334. The fraction of sp³-hybridized carbons (Fsp3) is 0.250. The Kier molecular flexibility index (Phi) is 5.15. The topological polar surface area (TPSA) is 35.2 Å². The zero-order chi connectivity index (χ0) is 14.5. The van der Waals surface area contributed by atoms with Crippen molar-refractivity contribution in [2.24, 2.45) is 5.73 Å². The second-order valence-electron chi connectivity index (χ2n) is 4.52. The third-order valence-electron chi connectivity index (χ3n) is 3.07. The van der Waals surface area contributed by atoms with Gasteiger partial charge in [0, 0.05) is 16.1 Å². The zero-order valence-electron chi connectivity index (χ0n) is 11.3. The fourth-order valence-corrected chi connectivity index (χ4v) is 2.53. The van der Waals surface area contributed by atoms with Crippen LogP contribution >= 0.6 is 15.9 Å². The van der Waals surface area contributed by atoms with E-state index in [-0.39, 0.29) is 11.9 Å². The number of rotatable bonds is 5. The minimum Gasteiger partial charge on any atom is -0.494 e. The predicted molar refractivity (Wildman–Crippen MR) is 82.3 cm³/mol. The van der Waals surface area contributed by atoms with E-state index < -0.39 is 0 Å². The quantitative estimate of drug-likeness (QED) is 0.886. The van der Waals surface area contributed by atoms with Crippen molar-refractivity contribution in [3.8, 4) is 5.75 Å². The summed E-state index contributed by atoms with van der Waals surface area (Å²) < 4.78 is 20.2. The summed E-state index contributed by atoms with van der Waals surface area (Å²) in [6.07, 6.45) is 0.426. The second-order valence-corrected chi connectivity index (χ2v) is 5.43. The van der Waals surface area contributed by atoms with E-state index in [1.165, 1.54) is 6.07 Å². The Labute approximate surface area is 126 Å². The molecule has 0 aliphatic heterocycles. The van der Waals surface area contributed by atoms with Crippen LogP contribution in [0.2, 0.25) is 0 Å². The Morgan fingerprint density at radius 3 is 2.75 bits per heavy atom. The van der Waals surface area contributed by atoms with Crippen molar-refractivity contribution < 1.29 is 9.13 Å². The maximum atomic E-state index is 13.8. The first-order chi connectivity index (χ1) is 9.61. The smallest absolute Gasteiger partial charge is 0.126 e. The van der Waals surface area contributed by atoms with Crippen LogP contribution in [-0.2, 0) is 6.42 Å². The number of benzene rings is 2. The number of hydrogen-bond donors (Lipinski definition) is 1. The Morgan fingerprint density at radius 1 is 1.25 bits per heavy atom. The van der Waals surface area contributed by atoms with Crippen LogP contribution in [0.3, 0.4) is 0 Å². The van der Waals surface area contributed by atoms with E-state index in [0.29, 0.717) is 18.6 Å². The maximum Gasteiger partial charge on any atom is 0.126 e. The van der Waals surface area contributed by atoms with Crippen molar-refractivity contribution in [3.63, 3.8) is 0 Å². The van der Waals surface area contributed by atoms with Gasteiger partial charge in [0.15, 0.2) is 0 Å². The van der Waals surface area contributed by atoms with Crippen LogP contribution in [0.15, 0.2) is 46.9 Å². The Morgan fingerprint density at radius 2 is 2.00 bits per heavy atom. The molecule has 0 heterocycles. The van der Waals surface area contributed by atoms with Crippen molar-refractivity contribution >= 4 is 15.9 Å². The number of nitrogens with two attached hydrogens (primary N) is 1. The second kappa shape index (κ2) is 6.86. The zero-order valence-corrected chi connectivity index (χ0v) is 12.9. The lowest BCUT2D eigenvalue weighted by Gasteiger charge is -2.17. The molecule has 2 aromatic carbocycles. The molecule has 4 heteroatoms. The Hall–Kier alpha value is -1.39. The highest BCUT2D eigenvalue weighted by atomic mass is 79.9. The van der Waals surface area contributed by atoms with Gasteiger partial charge < -0.3 is 10.5 Å². The van der Waals surface area contributed by atoms with Gasteiger partial charge in [-0.15, -0.1) is 0 Å². The van der Waals surface area contributed by atoms with Gasteiger partial charge in [-0.3, -0.25) is 0 Å². The van der Waals surface area contributed by atoms with Gasteiger partial charge >= 0.3 is 0 Å². The van der Waals surface area contributed by atoms with E-state index in [9.17, 15) is 4.39 Å². The summed E-state index contributed by atoms with van der Waals surface area (Å²) in [5.41, 5.74) is 7.71. The van der Waals surface area contributed by atoms with E-state index >= 15 is 0 Å². The van der Waals surface area contributed by atoms with E-state index in [1.54, 1.807) is 12.1 Å². The largest absolute Gasteiger partial charge is 0.494 e. The molecule has 0 radical (unpaired) electrons. The van der Waals surface area contributed by atoms with Crippen molar-refractivity contribution in [2.75, 3.05) is 6.61 Å². The first-order valence-corrected chi connectivity index (χ1v) is 7.32. The third-order valence-corrected chi connectivity index (χ3v) is 3.56. The third kappa shape index (κ3) is 3.58. The number of para-hydroxylation sites is 1. The first-order valence-electron chi connectivity index (χ1n) is 6.53. The average Bonchev–Trinajstić information content (AvgIpc) is 2.44. The molecule has 0 fully saturated rings. The molecule has 2 nitrogen and oxygen atoms in total. The van der Waals surface area contributed by atoms with Crippen LogP contribution in [0.1, 0.15) is 24.1 Å². The molecule has 2 aromatic rings. The highest BCUT2D eigenvalue weighted by Crippen LogP contribution is 2.27. The van der Waals surface area contributed by atoms with Gasteiger partial charge in [0.1, 0.15) is 11.6 Å². The van der Waals surface area contributed by atoms with Crippen molar-refractivity contribution in [1.29, 1.82) is 0 Å². The van der Waals surface area contributed by atoms with Gasteiger partial charge in [0.05, 0.1) is 6.61 Å². The molecule has 1 unspecified atom stereocenters. The number of ether oxygens (including phenoxy) is 1. The van der Waals surface area contributed by atoms with Crippen molar-refractivity contribution in [3.05, 3.63) is 63.9 Å². The monoisotopic (exact) mass is 337 g/mol. The maximum absolute atomic E-state index is 13.8. The summed E-state index contributed by atoms with van der Waals surface area (Å²) in [4.78, 5) is 0. The summed E-state index contributed by atoms with van der Waals surface area (Å²) in [5.74, 6) is 0.524. The lowest BCUT2D eigenvalue weighted by atomic mass is 9.98. The molecule has 20 heavy (non-hydrogen) atoms. The molecule has 2 rings (SSSR count). The van der Waals surface area contributed by atoms with Gasteiger partial charge in [-0.05, 0) is 43.2 Å².